The third kappa shape index (κ3) is 5.91. The van der Waals surface area contributed by atoms with Crippen molar-refractivity contribution in [1.29, 1.82) is 0 Å². The highest BCUT2D eigenvalue weighted by Crippen LogP contribution is 2.23. The summed E-state index contributed by atoms with van der Waals surface area (Å²) in [5.74, 6) is 0.331. The molecule has 148 valence electrons. The number of allylic oxidation sites excluding steroid dienone is 3. The molecule has 2 N–H and O–H groups in total. The Labute approximate surface area is 168 Å². The van der Waals surface area contributed by atoms with Gasteiger partial charge in [0.05, 0.1) is 11.4 Å². The van der Waals surface area contributed by atoms with Crippen LogP contribution in [0.1, 0.15) is 68.7 Å². The summed E-state index contributed by atoms with van der Waals surface area (Å²) in [6.07, 6.45) is 6.14. The Kier molecular flexibility index (Phi) is 7.74. The Balaban J connectivity index is 2.17. The van der Waals surface area contributed by atoms with E-state index in [0.29, 0.717) is 11.6 Å². The van der Waals surface area contributed by atoms with Crippen molar-refractivity contribution < 1.29 is 4.39 Å². The molecule has 2 aromatic carbocycles. The third-order valence-electron chi connectivity index (χ3n) is 5.07. The first-order valence-corrected chi connectivity index (χ1v) is 9.87. The molecule has 0 heterocycles. The van der Waals surface area contributed by atoms with Gasteiger partial charge in [-0.3, -0.25) is 4.99 Å². The number of rotatable bonds is 7. The van der Waals surface area contributed by atoms with Gasteiger partial charge in [0.15, 0.2) is 0 Å². The van der Waals surface area contributed by atoms with Gasteiger partial charge in [-0.15, -0.1) is 0 Å². The van der Waals surface area contributed by atoms with E-state index in [2.05, 4.69) is 44.0 Å². The van der Waals surface area contributed by atoms with Crippen molar-refractivity contribution in [2.24, 2.45) is 10.7 Å². The van der Waals surface area contributed by atoms with Crippen molar-refractivity contribution in [3.05, 3.63) is 88.0 Å². The monoisotopic (exact) mass is 378 g/mol. The maximum atomic E-state index is 13.1. The minimum absolute atomic E-state index is 0.244. The average molecular weight is 379 g/mol. The number of nitrogens with two attached hydrogens (primary N) is 1. The highest BCUT2D eigenvalue weighted by molar-refractivity contribution is 5.82. The van der Waals surface area contributed by atoms with Crippen LogP contribution in [0, 0.1) is 12.7 Å². The van der Waals surface area contributed by atoms with E-state index >= 15 is 0 Å². The summed E-state index contributed by atoms with van der Waals surface area (Å²) in [6, 6.07) is 13.0. The fraction of sp³-hybridized carbons (Fsp3) is 0.320. The lowest BCUT2D eigenvalue weighted by Crippen LogP contribution is -1.99. The van der Waals surface area contributed by atoms with Crippen LogP contribution >= 0.6 is 0 Å². The second-order valence-electron chi connectivity index (χ2n) is 7.44. The van der Waals surface area contributed by atoms with Crippen LogP contribution in [0.25, 0.3) is 5.57 Å². The third-order valence-corrected chi connectivity index (χ3v) is 5.07. The van der Waals surface area contributed by atoms with Gasteiger partial charge in [-0.1, -0.05) is 50.6 Å². The molecule has 0 spiro atoms. The van der Waals surface area contributed by atoms with Crippen molar-refractivity contribution in [2.45, 2.75) is 53.4 Å². The number of halogens is 1. The Morgan fingerprint density at radius 1 is 1.14 bits per heavy atom. The molecule has 28 heavy (non-hydrogen) atoms. The zero-order chi connectivity index (χ0) is 20.7. The normalized spacial score (nSPS) is 14.3. The van der Waals surface area contributed by atoms with Crippen LogP contribution in [0.5, 0.6) is 0 Å². The predicted octanol–water partition coefficient (Wildman–Crippen LogP) is 6.75. The van der Waals surface area contributed by atoms with Gasteiger partial charge in [-0.05, 0) is 79.1 Å². The van der Waals surface area contributed by atoms with Crippen molar-refractivity contribution in [3.63, 3.8) is 0 Å². The Morgan fingerprint density at radius 3 is 2.43 bits per heavy atom. The molecule has 0 fully saturated rings. The predicted molar refractivity (Wildman–Crippen MR) is 119 cm³/mol. The average Bonchev–Trinajstić information content (AvgIpc) is 2.67. The maximum Gasteiger partial charge on any atom is 0.123 e. The first kappa shape index (κ1) is 21.6. The summed E-state index contributed by atoms with van der Waals surface area (Å²) in [5, 5.41) is 0. The summed E-state index contributed by atoms with van der Waals surface area (Å²) in [6.45, 7) is 10.5. The first-order chi connectivity index (χ1) is 13.3. The summed E-state index contributed by atoms with van der Waals surface area (Å²) >= 11 is 0. The van der Waals surface area contributed by atoms with E-state index in [1.54, 1.807) is 12.1 Å². The van der Waals surface area contributed by atoms with E-state index in [1.807, 2.05) is 26.1 Å². The van der Waals surface area contributed by atoms with Crippen LogP contribution in [0.15, 0.2) is 64.9 Å². The van der Waals surface area contributed by atoms with Gasteiger partial charge in [0.1, 0.15) is 5.82 Å². The standard InChI is InChI=1S/C25H31FN2/c1-6-7-17(2)22-8-9-23(18(3)14-22)16-28-20(5)25(27)15-19(4)21-10-12-24(26)13-11-21/h8-17H,6-7,27H2,1-5H3/b19-15+,25-20-,28-16-/t17-/m1/s1. The van der Waals surface area contributed by atoms with Crippen LogP contribution in [0.2, 0.25) is 0 Å². The lowest BCUT2D eigenvalue weighted by Gasteiger charge is -2.12. The number of benzene rings is 2. The first-order valence-electron chi connectivity index (χ1n) is 9.87. The number of hydrogen-bond acceptors (Lipinski definition) is 2. The molecule has 1 atom stereocenters. The van der Waals surface area contributed by atoms with Gasteiger partial charge in [0.25, 0.3) is 0 Å². The lowest BCUT2D eigenvalue weighted by molar-refractivity contribution is 0.627. The van der Waals surface area contributed by atoms with Gasteiger partial charge in [-0.25, -0.2) is 4.39 Å². The molecule has 0 saturated carbocycles. The molecular weight excluding hydrogens is 347 g/mol. The van der Waals surface area contributed by atoms with Crippen LogP contribution in [0.4, 0.5) is 4.39 Å². The summed E-state index contributed by atoms with van der Waals surface area (Å²) in [7, 11) is 0. The topological polar surface area (TPSA) is 38.4 Å². The van der Waals surface area contributed by atoms with E-state index < -0.39 is 0 Å². The molecule has 0 saturated heterocycles. The van der Waals surface area contributed by atoms with E-state index in [9.17, 15) is 4.39 Å². The molecule has 0 aliphatic carbocycles. The molecule has 0 aliphatic heterocycles. The second-order valence-corrected chi connectivity index (χ2v) is 7.44. The molecule has 2 nitrogen and oxygen atoms in total. The van der Waals surface area contributed by atoms with Gasteiger partial charge in [-0.2, -0.15) is 0 Å². The number of aryl methyl sites for hydroxylation is 1. The minimum atomic E-state index is -0.244. The molecule has 3 heteroatoms. The molecule has 0 aliphatic rings. The quantitative estimate of drug-likeness (QED) is 0.420. The largest absolute Gasteiger partial charge is 0.397 e. The summed E-state index contributed by atoms with van der Waals surface area (Å²) in [4.78, 5) is 4.55. The molecule has 2 aromatic rings. The van der Waals surface area contributed by atoms with Gasteiger partial charge in [0, 0.05) is 6.21 Å². The summed E-state index contributed by atoms with van der Waals surface area (Å²) in [5.41, 5.74) is 13.2. The van der Waals surface area contributed by atoms with Crippen molar-refractivity contribution in [2.75, 3.05) is 0 Å². The van der Waals surface area contributed by atoms with Crippen molar-refractivity contribution in [1.82, 2.24) is 0 Å². The van der Waals surface area contributed by atoms with E-state index in [0.717, 1.165) is 22.4 Å². The number of nitrogens with zero attached hydrogens (tertiary/aromatic N) is 1. The fourth-order valence-corrected chi connectivity index (χ4v) is 3.12. The van der Waals surface area contributed by atoms with E-state index in [-0.39, 0.29) is 5.82 Å². The minimum Gasteiger partial charge on any atom is -0.397 e. The molecule has 0 amide bonds. The van der Waals surface area contributed by atoms with E-state index in [1.165, 1.54) is 36.1 Å². The van der Waals surface area contributed by atoms with Gasteiger partial charge >= 0.3 is 0 Å². The molecule has 0 unspecified atom stereocenters. The van der Waals surface area contributed by atoms with Crippen LogP contribution in [-0.4, -0.2) is 6.21 Å². The molecule has 2 rings (SSSR count). The lowest BCUT2D eigenvalue weighted by atomic mass is 9.94. The van der Waals surface area contributed by atoms with Crippen molar-refractivity contribution >= 4 is 11.8 Å². The molecule has 0 aromatic heterocycles. The van der Waals surface area contributed by atoms with Crippen LogP contribution in [0.3, 0.4) is 0 Å². The van der Waals surface area contributed by atoms with E-state index in [4.69, 9.17) is 5.73 Å². The Hall–Kier alpha value is -2.68. The number of hydrogen-bond donors (Lipinski definition) is 1. The smallest absolute Gasteiger partial charge is 0.123 e. The molecule has 0 bridgehead atoms. The highest BCUT2D eigenvalue weighted by Gasteiger charge is 2.06. The second kappa shape index (κ2) is 10.0. The van der Waals surface area contributed by atoms with Crippen LogP contribution < -0.4 is 5.73 Å². The van der Waals surface area contributed by atoms with Crippen LogP contribution in [-0.2, 0) is 0 Å². The van der Waals surface area contributed by atoms with Gasteiger partial charge < -0.3 is 5.73 Å². The maximum absolute atomic E-state index is 13.1. The summed E-state index contributed by atoms with van der Waals surface area (Å²) < 4.78 is 13.1. The zero-order valence-electron chi connectivity index (χ0n) is 17.6. The fourth-order valence-electron chi connectivity index (χ4n) is 3.12. The zero-order valence-corrected chi connectivity index (χ0v) is 17.6. The Morgan fingerprint density at radius 2 is 1.82 bits per heavy atom. The highest BCUT2D eigenvalue weighted by atomic mass is 19.1. The SMILES string of the molecule is CCC[C@@H](C)c1ccc(\C=N/C(C)=C(N)/C=C(\C)c2ccc(F)cc2)c(C)c1. The van der Waals surface area contributed by atoms with Gasteiger partial charge in [0.2, 0.25) is 0 Å². The van der Waals surface area contributed by atoms with Crippen molar-refractivity contribution in [3.8, 4) is 0 Å². The number of aliphatic imine (C=N–C) groups is 1. The molecule has 0 radical (unpaired) electrons. The Bertz CT molecular complexity index is 889. The molecular formula is C25H31FN2.